The predicted molar refractivity (Wildman–Crippen MR) is 70.7 cm³/mol. The molecule has 0 aliphatic heterocycles. The van der Waals surface area contributed by atoms with Gasteiger partial charge in [-0.25, -0.2) is 0 Å². The molecule has 0 aromatic carbocycles. The molecule has 13 heavy (non-hydrogen) atoms. The third-order valence-electron chi connectivity index (χ3n) is 2.05. The summed E-state index contributed by atoms with van der Waals surface area (Å²) in [7, 11) is 6.71. The van der Waals surface area contributed by atoms with Crippen molar-refractivity contribution in [2.75, 3.05) is 45.8 Å². The average Bonchev–Trinajstić information content (AvgIpc) is 2.02. The molecular weight excluding hydrogens is 217 g/mol. The molecule has 4 heteroatoms. The minimum absolute atomic E-state index is 1.03. The van der Waals surface area contributed by atoms with Gasteiger partial charge in [0.05, 0.1) is 27.7 Å². The second kappa shape index (κ2) is 5.75. The first-order valence-electron chi connectivity index (χ1n) is 4.86. The Morgan fingerprint density at radius 1 is 1.15 bits per heavy atom. The lowest BCUT2D eigenvalue weighted by Crippen LogP contribution is -2.36. The molecule has 0 amide bonds. The molecule has 0 aromatic heterocycles. The summed E-state index contributed by atoms with van der Waals surface area (Å²) >= 11 is 7.72. The van der Waals surface area contributed by atoms with E-state index < -0.39 is 5.24 Å². The number of nitrogens with zero attached hydrogens (tertiary/aromatic N) is 1. The van der Waals surface area contributed by atoms with Crippen molar-refractivity contribution in [1.82, 2.24) is 0 Å². The lowest BCUT2D eigenvalue weighted by atomic mass is 10.6. The molecule has 1 nitrogen and oxygen atoms in total. The van der Waals surface area contributed by atoms with E-state index in [0.29, 0.717) is 0 Å². The van der Waals surface area contributed by atoms with Gasteiger partial charge in [0.15, 0.2) is 0 Å². The average molecular weight is 240 g/mol. The number of rotatable bonds is 6. The SMILES string of the molecule is CCP(=S)(CC)SCC[N+](C)(C)C. The Labute approximate surface area is 92.6 Å². The standard InChI is InChI=1S/C9H23NPS2/c1-6-11(12,7-2)13-9-8-10(3,4)5/h6-9H2,1-5H3/q+1. The maximum absolute atomic E-state index is 5.66. The van der Waals surface area contributed by atoms with Crippen molar-refractivity contribution in [1.29, 1.82) is 0 Å². The van der Waals surface area contributed by atoms with Crippen molar-refractivity contribution in [3.63, 3.8) is 0 Å². The molecule has 0 unspecified atom stereocenters. The summed E-state index contributed by atoms with van der Waals surface area (Å²) in [5, 5.41) is -1.03. The third-order valence-corrected chi connectivity index (χ3v) is 10.8. The first kappa shape index (κ1) is 14.0. The van der Waals surface area contributed by atoms with Gasteiger partial charge in [-0.2, -0.15) is 0 Å². The van der Waals surface area contributed by atoms with Crippen LogP contribution in [0, 0.1) is 0 Å². The molecule has 0 aliphatic rings. The van der Waals surface area contributed by atoms with Gasteiger partial charge in [-0.05, 0) is 12.3 Å². The van der Waals surface area contributed by atoms with Gasteiger partial charge in [0.2, 0.25) is 0 Å². The topological polar surface area (TPSA) is 0 Å². The predicted octanol–water partition coefficient (Wildman–Crippen LogP) is 2.86. The Morgan fingerprint density at radius 3 is 1.92 bits per heavy atom. The second-order valence-corrected chi connectivity index (χ2v) is 13.5. The molecule has 80 valence electrons. The van der Waals surface area contributed by atoms with Crippen LogP contribution in [0.1, 0.15) is 13.8 Å². The first-order valence-corrected chi connectivity index (χ1v) is 9.62. The fourth-order valence-electron chi connectivity index (χ4n) is 0.887. The smallest absolute Gasteiger partial charge is 0.0876 e. The van der Waals surface area contributed by atoms with E-state index in [9.17, 15) is 0 Å². The van der Waals surface area contributed by atoms with E-state index in [-0.39, 0.29) is 0 Å². The second-order valence-electron chi connectivity index (χ2n) is 4.29. The van der Waals surface area contributed by atoms with Crippen molar-refractivity contribution >= 4 is 28.4 Å². The van der Waals surface area contributed by atoms with Crippen LogP contribution in [0.15, 0.2) is 0 Å². The van der Waals surface area contributed by atoms with Crippen molar-refractivity contribution < 1.29 is 4.48 Å². The molecule has 0 aliphatic carbocycles. The zero-order valence-electron chi connectivity index (χ0n) is 9.54. The van der Waals surface area contributed by atoms with Crippen LogP contribution in [0.2, 0.25) is 0 Å². The van der Waals surface area contributed by atoms with E-state index >= 15 is 0 Å². The first-order chi connectivity index (χ1) is 5.83. The van der Waals surface area contributed by atoms with Gasteiger partial charge in [0.1, 0.15) is 0 Å². The maximum atomic E-state index is 5.66. The normalized spacial score (nSPS) is 13.3. The summed E-state index contributed by atoms with van der Waals surface area (Å²) in [4.78, 5) is 0. The zero-order valence-corrected chi connectivity index (χ0v) is 12.1. The molecule has 0 spiro atoms. The lowest BCUT2D eigenvalue weighted by molar-refractivity contribution is -0.867. The monoisotopic (exact) mass is 240 g/mol. The van der Waals surface area contributed by atoms with Crippen molar-refractivity contribution in [3.8, 4) is 0 Å². The minimum atomic E-state index is -1.03. The van der Waals surface area contributed by atoms with Crippen LogP contribution < -0.4 is 0 Å². The maximum Gasteiger partial charge on any atom is 0.0876 e. The Balaban J connectivity index is 3.82. The van der Waals surface area contributed by atoms with Crippen molar-refractivity contribution in [2.45, 2.75) is 13.8 Å². The summed E-state index contributed by atoms with van der Waals surface area (Å²) in [5.41, 5.74) is 0. The van der Waals surface area contributed by atoms with Crippen LogP contribution in [0.25, 0.3) is 0 Å². The van der Waals surface area contributed by atoms with Crippen molar-refractivity contribution in [3.05, 3.63) is 0 Å². The summed E-state index contributed by atoms with van der Waals surface area (Å²) in [6.07, 6.45) is 2.42. The molecule has 0 saturated carbocycles. The van der Waals surface area contributed by atoms with Gasteiger partial charge < -0.3 is 4.48 Å². The number of hydrogen-bond donors (Lipinski definition) is 0. The van der Waals surface area contributed by atoms with E-state index in [0.717, 1.165) is 4.48 Å². The molecule has 0 aromatic rings. The molecule has 0 saturated heterocycles. The van der Waals surface area contributed by atoms with Gasteiger partial charge in [0, 0.05) is 11.0 Å². The van der Waals surface area contributed by atoms with Gasteiger partial charge in [-0.15, -0.1) is 11.4 Å². The lowest BCUT2D eigenvalue weighted by Gasteiger charge is -2.25. The molecule has 0 fully saturated rings. The number of quaternary nitrogens is 1. The van der Waals surface area contributed by atoms with E-state index in [1.54, 1.807) is 0 Å². The van der Waals surface area contributed by atoms with E-state index in [1.807, 2.05) is 0 Å². The molecule has 0 bridgehead atoms. The van der Waals surface area contributed by atoms with Crippen LogP contribution in [0.5, 0.6) is 0 Å². The van der Waals surface area contributed by atoms with Crippen LogP contribution in [-0.4, -0.2) is 50.2 Å². The molecule has 0 N–H and O–H groups in total. The summed E-state index contributed by atoms with van der Waals surface area (Å²) in [6.45, 7) is 5.70. The Hall–Kier alpha value is 0.960. The van der Waals surface area contributed by atoms with Crippen molar-refractivity contribution in [2.24, 2.45) is 0 Å². The summed E-state index contributed by atoms with van der Waals surface area (Å²) in [6, 6.07) is 0. The summed E-state index contributed by atoms with van der Waals surface area (Å²) < 4.78 is 1.05. The van der Waals surface area contributed by atoms with Gasteiger partial charge in [-0.3, -0.25) is 0 Å². The van der Waals surface area contributed by atoms with E-state index in [4.69, 9.17) is 11.8 Å². The van der Waals surface area contributed by atoms with Crippen LogP contribution in [-0.2, 0) is 11.8 Å². The van der Waals surface area contributed by atoms with Gasteiger partial charge >= 0.3 is 0 Å². The fraction of sp³-hybridized carbons (Fsp3) is 1.00. The van der Waals surface area contributed by atoms with E-state index in [2.05, 4.69) is 46.4 Å². The molecule has 0 heterocycles. The van der Waals surface area contributed by atoms with Crippen LogP contribution in [0.4, 0.5) is 0 Å². The highest BCUT2D eigenvalue weighted by atomic mass is 32.9. The molecule has 0 radical (unpaired) electrons. The fourth-order valence-corrected chi connectivity index (χ4v) is 5.67. The Bertz CT molecular complexity index is 179. The number of hydrogen-bond acceptors (Lipinski definition) is 2. The van der Waals surface area contributed by atoms with Gasteiger partial charge in [-0.1, -0.05) is 25.7 Å². The van der Waals surface area contributed by atoms with Crippen LogP contribution >= 0.6 is 16.6 Å². The third kappa shape index (κ3) is 6.96. The highest BCUT2D eigenvalue weighted by Gasteiger charge is 2.14. The largest absolute Gasteiger partial charge is 0.330 e. The highest BCUT2D eigenvalue weighted by Crippen LogP contribution is 2.58. The van der Waals surface area contributed by atoms with Crippen LogP contribution in [0.3, 0.4) is 0 Å². The molecule has 0 atom stereocenters. The van der Waals surface area contributed by atoms with Gasteiger partial charge in [0.25, 0.3) is 0 Å². The summed E-state index contributed by atoms with van der Waals surface area (Å²) in [5.74, 6) is 1.22. The Kier molecular flexibility index (Phi) is 6.17. The zero-order chi connectivity index (χ0) is 10.5. The minimum Gasteiger partial charge on any atom is -0.330 e. The highest BCUT2D eigenvalue weighted by molar-refractivity contribution is 8.70. The molecule has 0 rings (SSSR count). The Morgan fingerprint density at radius 2 is 1.62 bits per heavy atom. The quantitative estimate of drug-likeness (QED) is 0.517. The molecular formula is C9H23NPS2+. The van der Waals surface area contributed by atoms with E-state index in [1.165, 1.54) is 24.6 Å².